The van der Waals surface area contributed by atoms with Crippen molar-refractivity contribution in [2.75, 3.05) is 30.3 Å². The Morgan fingerprint density at radius 1 is 1.08 bits per heavy atom. The van der Waals surface area contributed by atoms with Crippen molar-refractivity contribution >= 4 is 33.2 Å². The van der Waals surface area contributed by atoms with Gasteiger partial charge in [-0.25, -0.2) is 4.98 Å². The van der Waals surface area contributed by atoms with Gasteiger partial charge >= 0.3 is 0 Å². The molecule has 2 aromatic heterocycles. The second-order valence-electron chi connectivity index (χ2n) is 12.2. The predicted molar refractivity (Wildman–Crippen MR) is 153 cm³/mol. The number of hydrogen-bond donors (Lipinski definition) is 4. The second kappa shape index (κ2) is 10.1. The van der Waals surface area contributed by atoms with E-state index in [0.29, 0.717) is 41.4 Å². The summed E-state index contributed by atoms with van der Waals surface area (Å²) in [7, 11) is 0. The standard InChI is InChI=1S/C30H37N7S/c31-15-24-17-34-29(33-16-21-3-1-2-20-6-9-38-27(20)21)37-28(24)35-18-30-12-19-10-22(13-30)26(23(11-19)14-30)36-25-4-7-32-8-5-25/h1-3,6,9,17,19,22-23,25-26,32,36H,4-5,7-8,10-14,16,18H2,(H2,33,34,35,37)/t19?,22-,23+,26?,30?. The maximum atomic E-state index is 9.76. The van der Waals surface area contributed by atoms with Crippen LogP contribution >= 0.6 is 11.3 Å². The molecular formula is C30H37N7S. The highest BCUT2D eigenvalue weighted by Gasteiger charge is 2.55. The van der Waals surface area contributed by atoms with Gasteiger partial charge < -0.3 is 21.3 Å². The van der Waals surface area contributed by atoms with E-state index in [9.17, 15) is 5.26 Å². The Bertz CT molecular complexity index is 1320. The van der Waals surface area contributed by atoms with Gasteiger partial charge in [0, 0.05) is 29.9 Å². The smallest absolute Gasteiger partial charge is 0.224 e. The fourth-order valence-corrected chi connectivity index (χ4v) is 9.18. The van der Waals surface area contributed by atoms with E-state index >= 15 is 0 Å². The average Bonchev–Trinajstić information content (AvgIpc) is 3.43. The lowest BCUT2D eigenvalue weighted by Crippen LogP contribution is -2.61. The molecule has 8 rings (SSSR count). The number of rotatable bonds is 8. The third-order valence-electron chi connectivity index (χ3n) is 9.70. The van der Waals surface area contributed by atoms with Crippen molar-refractivity contribution in [2.24, 2.45) is 23.2 Å². The van der Waals surface area contributed by atoms with Gasteiger partial charge in [-0.05, 0) is 104 Å². The van der Waals surface area contributed by atoms with E-state index in [2.05, 4.69) is 62.0 Å². The van der Waals surface area contributed by atoms with Crippen molar-refractivity contribution in [3.8, 4) is 6.07 Å². The predicted octanol–water partition coefficient (Wildman–Crippen LogP) is 5.12. The highest BCUT2D eigenvalue weighted by Crippen LogP contribution is 2.60. The maximum Gasteiger partial charge on any atom is 0.224 e. The third kappa shape index (κ3) is 4.66. The van der Waals surface area contributed by atoms with Crippen molar-refractivity contribution in [3.05, 3.63) is 47.0 Å². The molecule has 5 aliphatic rings. The molecule has 3 heterocycles. The molecule has 1 aliphatic heterocycles. The number of nitriles is 1. The van der Waals surface area contributed by atoms with Crippen LogP contribution in [-0.4, -0.2) is 41.7 Å². The minimum atomic E-state index is 0.322. The molecule has 5 atom stereocenters. The van der Waals surface area contributed by atoms with Gasteiger partial charge in [0.15, 0.2) is 0 Å². The number of benzene rings is 1. The van der Waals surface area contributed by atoms with Crippen molar-refractivity contribution in [1.82, 2.24) is 20.6 Å². The van der Waals surface area contributed by atoms with E-state index in [1.165, 1.54) is 60.6 Å². The molecule has 7 nitrogen and oxygen atoms in total. The van der Waals surface area contributed by atoms with Crippen LogP contribution < -0.4 is 21.3 Å². The molecule has 0 amide bonds. The Balaban J connectivity index is 1.03. The summed E-state index contributed by atoms with van der Waals surface area (Å²) in [5.74, 6) is 3.67. The highest BCUT2D eigenvalue weighted by molar-refractivity contribution is 7.17. The Labute approximate surface area is 228 Å². The summed E-state index contributed by atoms with van der Waals surface area (Å²) < 4.78 is 1.29. The molecule has 4 aliphatic carbocycles. The molecule has 0 radical (unpaired) electrons. The van der Waals surface area contributed by atoms with Gasteiger partial charge in [0.05, 0.1) is 6.20 Å². The molecule has 5 fully saturated rings. The van der Waals surface area contributed by atoms with Crippen molar-refractivity contribution in [2.45, 2.75) is 63.6 Å². The summed E-state index contributed by atoms with van der Waals surface area (Å²) >= 11 is 1.76. The fourth-order valence-electron chi connectivity index (χ4n) is 8.27. The highest BCUT2D eigenvalue weighted by atomic mass is 32.1. The molecule has 3 aromatic rings. The summed E-state index contributed by atoms with van der Waals surface area (Å²) in [6.45, 7) is 3.85. The van der Waals surface area contributed by atoms with Gasteiger partial charge in [0.2, 0.25) is 5.95 Å². The Hall–Kier alpha value is -2.73. The van der Waals surface area contributed by atoms with E-state index < -0.39 is 0 Å². The SMILES string of the molecule is N#Cc1cnc(NCc2cccc3ccsc23)nc1NCC12CC3C[C@H](C1)C(NC1CCNCC1)[C@@H](C3)C2. The lowest BCUT2D eigenvalue weighted by molar-refractivity contribution is -0.0727. The van der Waals surface area contributed by atoms with Gasteiger partial charge in [0.1, 0.15) is 17.5 Å². The quantitative estimate of drug-likeness (QED) is 0.323. The molecule has 3 unspecified atom stereocenters. The Morgan fingerprint density at radius 2 is 1.92 bits per heavy atom. The number of aromatic nitrogens is 2. The zero-order chi connectivity index (χ0) is 25.5. The first kappa shape index (κ1) is 24.3. The van der Waals surface area contributed by atoms with Crippen LogP contribution in [0.25, 0.3) is 10.1 Å². The van der Waals surface area contributed by atoms with E-state index in [1.807, 2.05) is 0 Å². The number of nitrogens with zero attached hydrogens (tertiary/aromatic N) is 3. The minimum absolute atomic E-state index is 0.322. The second-order valence-corrected chi connectivity index (χ2v) is 13.1. The first-order valence-corrected chi connectivity index (χ1v) is 15.2. The molecule has 1 saturated heterocycles. The van der Waals surface area contributed by atoms with Gasteiger partial charge in [-0.1, -0.05) is 18.2 Å². The molecule has 4 saturated carbocycles. The maximum absolute atomic E-state index is 9.76. The number of hydrogen-bond acceptors (Lipinski definition) is 8. The first-order valence-electron chi connectivity index (χ1n) is 14.3. The van der Waals surface area contributed by atoms with E-state index in [0.717, 1.165) is 37.4 Å². The molecule has 4 N–H and O–H groups in total. The van der Waals surface area contributed by atoms with E-state index in [4.69, 9.17) is 4.98 Å². The fraction of sp³-hybridized carbons (Fsp3) is 0.567. The topological polar surface area (TPSA) is 97.7 Å². The van der Waals surface area contributed by atoms with Crippen LogP contribution in [-0.2, 0) is 6.54 Å². The normalized spacial score (nSPS) is 30.4. The zero-order valence-corrected chi connectivity index (χ0v) is 22.7. The monoisotopic (exact) mass is 527 g/mol. The van der Waals surface area contributed by atoms with Crippen molar-refractivity contribution in [1.29, 1.82) is 5.26 Å². The molecule has 1 aromatic carbocycles. The third-order valence-corrected chi connectivity index (χ3v) is 10.7. The average molecular weight is 528 g/mol. The van der Waals surface area contributed by atoms with Crippen molar-refractivity contribution in [3.63, 3.8) is 0 Å². The number of nitrogens with one attached hydrogen (secondary N) is 4. The molecular weight excluding hydrogens is 490 g/mol. The van der Waals surface area contributed by atoms with Crippen LogP contribution in [0.5, 0.6) is 0 Å². The number of fused-ring (bicyclic) bond motifs is 1. The lowest BCUT2D eigenvalue weighted by Gasteiger charge is -2.61. The minimum Gasteiger partial charge on any atom is -0.368 e. The molecule has 198 valence electrons. The number of piperidine rings is 1. The summed E-state index contributed by atoms with van der Waals surface area (Å²) in [5.41, 5.74) is 2.08. The van der Waals surface area contributed by atoms with Gasteiger partial charge in [0.25, 0.3) is 0 Å². The van der Waals surface area contributed by atoms with Crippen LogP contribution in [0.2, 0.25) is 0 Å². The summed E-state index contributed by atoms with van der Waals surface area (Å²) in [6.07, 6.45) is 10.9. The number of anilines is 2. The van der Waals surface area contributed by atoms with Gasteiger partial charge in [-0.2, -0.15) is 10.2 Å². The van der Waals surface area contributed by atoms with E-state index in [-0.39, 0.29) is 0 Å². The lowest BCUT2D eigenvalue weighted by atomic mass is 9.48. The largest absolute Gasteiger partial charge is 0.368 e. The molecule has 8 heteroatoms. The first-order chi connectivity index (χ1) is 18.7. The summed E-state index contributed by atoms with van der Waals surface area (Å²) in [4.78, 5) is 9.20. The summed E-state index contributed by atoms with van der Waals surface area (Å²) in [5, 5.41) is 27.8. The van der Waals surface area contributed by atoms with Crippen LogP contribution in [0.4, 0.5) is 11.8 Å². The zero-order valence-electron chi connectivity index (χ0n) is 21.9. The van der Waals surface area contributed by atoms with Crippen LogP contribution in [0, 0.1) is 34.5 Å². The number of thiophene rings is 1. The van der Waals surface area contributed by atoms with Crippen LogP contribution in [0.3, 0.4) is 0 Å². The van der Waals surface area contributed by atoms with E-state index in [1.54, 1.807) is 17.5 Å². The van der Waals surface area contributed by atoms with Gasteiger partial charge in [-0.3, -0.25) is 0 Å². The molecule has 38 heavy (non-hydrogen) atoms. The van der Waals surface area contributed by atoms with Crippen LogP contribution in [0.15, 0.2) is 35.8 Å². The molecule has 0 spiro atoms. The Morgan fingerprint density at radius 3 is 2.74 bits per heavy atom. The molecule has 4 bridgehead atoms. The van der Waals surface area contributed by atoms with Crippen LogP contribution in [0.1, 0.15) is 56.1 Å². The van der Waals surface area contributed by atoms with Gasteiger partial charge in [-0.15, -0.1) is 11.3 Å². The Kier molecular flexibility index (Phi) is 6.47. The van der Waals surface area contributed by atoms with Crippen molar-refractivity contribution < 1.29 is 0 Å². The summed E-state index contributed by atoms with van der Waals surface area (Å²) in [6, 6.07) is 12.2.